The standard InChI is InChI=1S/2C5H13NO3S.Cu/c2*1-4-5(2,3)6-10(7,8)9;/h2*6H,4H2,1-3H3,(H,7,8,9);/q;;+2/p-2. The van der Waals surface area contributed by atoms with Crippen molar-refractivity contribution in [3.8, 4) is 0 Å². The molecule has 133 valence electrons. The average molecular weight is 396 g/mol. The van der Waals surface area contributed by atoms with Gasteiger partial charge in [-0.2, -0.15) is 0 Å². The Bertz CT molecular complexity index is 442. The molecule has 21 heavy (non-hydrogen) atoms. The van der Waals surface area contributed by atoms with Crippen LogP contribution in [0, 0.1) is 0 Å². The molecule has 0 aliphatic carbocycles. The normalized spacial score (nSPS) is 13.0. The van der Waals surface area contributed by atoms with E-state index in [9.17, 15) is 25.9 Å². The van der Waals surface area contributed by atoms with Crippen LogP contribution in [0.4, 0.5) is 0 Å². The van der Waals surface area contributed by atoms with Gasteiger partial charge in [-0.3, -0.25) is 0 Å². The molecule has 0 saturated carbocycles. The van der Waals surface area contributed by atoms with Gasteiger partial charge in [0.25, 0.3) is 0 Å². The maximum absolute atomic E-state index is 10.1. The summed E-state index contributed by atoms with van der Waals surface area (Å²) in [6.07, 6.45) is 1.18. The molecule has 0 unspecified atom stereocenters. The molecule has 0 aliphatic rings. The summed E-state index contributed by atoms with van der Waals surface area (Å²) in [6, 6.07) is 0. The van der Waals surface area contributed by atoms with Crippen molar-refractivity contribution in [1.29, 1.82) is 0 Å². The largest absolute Gasteiger partial charge is 2.00 e. The average Bonchev–Trinajstić information content (AvgIpc) is 2.11. The van der Waals surface area contributed by atoms with Crippen molar-refractivity contribution in [3.05, 3.63) is 0 Å². The quantitative estimate of drug-likeness (QED) is 0.494. The minimum atomic E-state index is -4.29. The van der Waals surface area contributed by atoms with Crippen LogP contribution in [0.15, 0.2) is 0 Å². The summed E-state index contributed by atoms with van der Waals surface area (Å²) in [6.45, 7) is 10.2. The molecule has 0 rings (SSSR count). The Morgan fingerprint density at radius 3 is 1.00 bits per heavy atom. The van der Waals surface area contributed by atoms with Gasteiger partial charge < -0.3 is 9.11 Å². The van der Waals surface area contributed by atoms with Crippen LogP contribution >= 0.6 is 0 Å². The molecular weight excluding hydrogens is 372 g/mol. The molecule has 0 saturated heterocycles. The fraction of sp³-hybridized carbons (Fsp3) is 1.00. The van der Waals surface area contributed by atoms with Gasteiger partial charge in [-0.1, -0.05) is 13.8 Å². The van der Waals surface area contributed by atoms with Crippen LogP contribution < -0.4 is 9.44 Å². The Balaban J connectivity index is -0.000000295. The first-order valence-corrected chi connectivity index (χ1v) is 8.85. The van der Waals surface area contributed by atoms with Crippen LogP contribution in [-0.2, 0) is 37.7 Å². The van der Waals surface area contributed by atoms with Crippen LogP contribution in [0.3, 0.4) is 0 Å². The molecule has 1 radical (unpaired) electrons. The molecule has 0 atom stereocenters. The number of hydrogen-bond acceptors (Lipinski definition) is 6. The third-order valence-electron chi connectivity index (χ3n) is 2.57. The Morgan fingerprint density at radius 2 is 0.952 bits per heavy atom. The minimum absolute atomic E-state index is 0. The van der Waals surface area contributed by atoms with E-state index in [-0.39, 0.29) is 17.1 Å². The maximum Gasteiger partial charge on any atom is 2.00 e. The fourth-order valence-corrected chi connectivity index (χ4v) is 2.46. The zero-order valence-corrected chi connectivity index (χ0v) is 15.6. The first-order valence-electron chi connectivity index (χ1n) is 6.03. The van der Waals surface area contributed by atoms with E-state index in [4.69, 9.17) is 0 Å². The van der Waals surface area contributed by atoms with E-state index in [0.717, 1.165) is 0 Å². The summed E-state index contributed by atoms with van der Waals surface area (Å²) in [5.41, 5.74) is -1.25. The van der Waals surface area contributed by atoms with Crippen LogP contribution in [0.2, 0.25) is 0 Å². The summed E-state index contributed by atoms with van der Waals surface area (Å²) in [7, 11) is -8.59. The van der Waals surface area contributed by atoms with Gasteiger partial charge in [-0.05, 0) is 40.5 Å². The summed E-state index contributed by atoms with van der Waals surface area (Å²) in [4.78, 5) is 0. The first kappa shape index (κ1) is 26.2. The first-order chi connectivity index (χ1) is 8.54. The van der Waals surface area contributed by atoms with Crippen molar-refractivity contribution in [1.82, 2.24) is 9.44 Å². The van der Waals surface area contributed by atoms with Crippen LogP contribution in [0.1, 0.15) is 54.4 Å². The second kappa shape index (κ2) is 9.41. The Morgan fingerprint density at radius 1 is 0.762 bits per heavy atom. The van der Waals surface area contributed by atoms with Gasteiger partial charge in [0.05, 0.1) is 0 Å². The van der Waals surface area contributed by atoms with Gasteiger partial charge in [0.2, 0.25) is 0 Å². The van der Waals surface area contributed by atoms with Crippen LogP contribution in [0.5, 0.6) is 0 Å². The van der Waals surface area contributed by atoms with Crippen LogP contribution in [0.25, 0.3) is 0 Å². The van der Waals surface area contributed by atoms with E-state index >= 15 is 0 Å². The fourth-order valence-electron chi connectivity index (χ4n) is 0.821. The maximum atomic E-state index is 10.1. The van der Waals surface area contributed by atoms with Gasteiger partial charge >= 0.3 is 17.1 Å². The summed E-state index contributed by atoms with van der Waals surface area (Å²) in [5.74, 6) is 0. The van der Waals surface area contributed by atoms with E-state index < -0.39 is 31.7 Å². The smallest absolute Gasteiger partial charge is 0.735 e. The third kappa shape index (κ3) is 20.3. The predicted octanol–water partition coefficient (Wildman–Crippen LogP) is 0.447. The van der Waals surface area contributed by atoms with Gasteiger partial charge in [-0.25, -0.2) is 26.3 Å². The molecule has 0 aromatic rings. The van der Waals surface area contributed by atoms with Crippen molar-refractivity contribution < 1.29 is 43.0 Å². The van der Waals surface area contributed by atoms with Crippen molar-refractivity contribution in [3.63, 3.8) is 0 Å². The zero-order valence-electron chi connectivity index (χ0n) is 13.0. The SMILES string of the molecule is CCC(C)(C)NS(=O)(=O)[O-].CCC(C)(C)NS(=O)(=O)[O-].[Cu+2]. The van der Waals surface area contributed by atoms with E-state index in [1.807, 2.05) is 9.44 Å². The Labute approximate surface area is 138 Å². The van der Waals surface area contributed by atoms with Crippen molar-refractivity contribution in [2.75, 3.05) is 0 Å². The van der Waals surface area contributed by atoms with Crippen molar-refractivity contribution in [2.45, 2.75) is 65.5 Å². The monoisotopic (exact) mass is 395 g/mol. The van der Waals surface area contributed by atoms with E-state index in [1.54, 1.807) is 41.5 Å². The molecule has 0 aromatic heterocycles. The molecule has 0 fully saturated rings. The number of hydrogen-bond donors (Lipinski definition) is 2. The van der Waals surface area contributed by atoms with Gasteiger partial charge in [0.1, 0.15) is 0 Å². The summed E-state index contributed by atoms with van der Waals surface area (Å²) < 4.78 is 64.8. The van der Waals surface area contributed by atoms with Crippen LogP contribution in [-0.4, -0.2) is 37.0 Å². The van der Waals surface area contributed by atoms with Gasteiger partial charge in [0.15, 0.2) is 20.6 Å². The Hall–Kier alpha value is 0.259. The zero-order chi connectivity index (χ0) is 16.8. The molecule has 0 bridgehead atoms. The predicted molar refractivity (Wildman–Crippen MR) is 74.4 cm³/mol. The molecule has 0 amide bonds. The molecule has 8 nitrogen and oxygen atoms in total. The summed E-state index contributed by atoms with van der Waals surface area (Å²) >= 11 is 0. The molecule has 2 N–H and O–H groups in total. The summed E-state index contributed by atoms with van der Waals surface area (Å²) in [5, 5.41) is 0. The second-order valence-electron chi connectivity index (χ2n) is 5.59. The molecule has 0 aromatic carbocycles. The van der Waals surface area contributed by atoms with E-state index in [2.05, 4.69) is 0 Å². The molecule has 0 spiro atoms. The van der Waals surface area contributed by atoms with E-state index in [1.165, 1.54) is 0 Å². The Kier molecular flexibility index (Phi) is 11.7. The topological polar surface area (TPSA) is 138 Å². The van der Waals surface area contributed by atoms with Crippen molar-refractivity contribution in [2.24, 2.45) is 0 Å². The third-order valence-corrected chi connectivity index (χ3v) is 4.18. The van der Waals surface area contributed by atoms with E-state index in [0.29, 0.717) is 12.8 Å². The molecular formula is C10H24CuN2O6S2. The van der Waals surface area contributed by atoms with Crippen molar-refractivity contribution >= 4 is 20.6 Å². The molecule has 0 aliphatic heterocycles. The second-order valence-corrected chi connectivity index (χ2v) is 7.81. The van der Waals surface area contributed by atoms with Gasteiger partial charge in [-0.15, -0.1) is 0 Å². The molecule has 11 heteroatoms. The number of nitrogens with one attached hydrogen (secondary N) is 2. The minimum Gasteiger partial charge on any atom is -0.735 e. The van der Waals surface area contributed by atoms with Gasteiger partial charge in [0, 0.05) is 11.1 Å². The number of rotatable bonds is 6. The molecule has 0 heterocycles.